The minimum absolute atomic E-state index is 0.519. The van der Waals surface area contributed by atoms with Crippen molar-refractivity contribution in [2.75, 3.05) is 31.3 Å². The number of likely N-dealkylation sites (N-methyl/N-ethyl adjacent to an activating group) is 1. The van der Waals surface area contributed by atoms with Crippen molar-refractivity contribution in [3.63, 3.8) is 0 Å². The van der Waals surface area contributed by atoms with Gasteiger partial charge in [-0.3, -0.25) is 4.90 Å². The molecule has 1 unspecified atom stereocenters. The Morgan fingerprint density at radius 3 is 2.63 bits per heavy atom. The highest BCUT2D eigenvalue weighted by atomic mass is 15.2. The summed E-state index contributed by atoms with van der Waals surface area (Å²) in [5, 5.41) is 6.59. The molecule has 106 valence electrons. The van der Waals surface area contributed by atoms with Crippen LogP contribution in [-0.2, 0) is 6.42 Å². The fourth-order valence-corrected chi connectivity index (χ4v) is 2.35. The summed E-state index contributed by atoms with van der Waals surface area (Å²) < 4.78 is 0. The minimum Gasteiger partial charge on any atom is -0.373 e. The van der Waals surface area contributed by atoms with Gasteiger partial charge in [0.1, 0.15) is 18.0 Å². The highest BCUT2D eigenvalue weighted by molar-refractivity contribution is 5.57. The Hall–Kier alpha value is -1.36. The first kappa shape index (κ1) is 14.1. The van der Waals surface area contributed by atoms with E-state index in [4.69, 9.17) is 0 Å². The summed E-state index contributed by atoms with van der Waals surface area (Å²) in [7, 11) is 4.11. The molecule has 0 aromatic carbocycles. The molecule has 1 saturated carbocycles. The zero-order valence-corrected chi connectivity index (χ0v) is 12.4. The molecule has 0 spiro atoms. The number of nitrogens with one attached hydrogen (secondary N) is 2. The molecule has 1 aliphatic carbocycles. The number of rotatable bonds is 7. The second-order valence-corrected chi connectivity index (χ2v) is 5.28. The van der Waals surface area contributed by atoms with Crippen LogP contribution in [0.15, 0.2) is 6.33 Å². The van der Waals surface area contributed by atoms with Crippen molar-refractivity contribution in [2.24, 2.45) is 0 Å². The van der Waals surface area contributed by atoms with Crippen molar-refractivity contribution in [3.05, 3.63) is 11.9 Å². The maximum atomic E-state index is 4.37. The highest BCUT2D eigenvalue weighted by Crippen LogP contribution is 2.27. The standard InChI is InChI=1S/C14H25N5/c1-5-12-13(15-3)17-9-18-14(12)16-8-10(2)19(4)11-6-7-11/h9-11H,5-8H2,1-4H3,(H2,15,16,17,18). The Kier molecular flexibility index (Phi) is 4.58. The molecule has 1 aromatic heterocycles. The molecule has 5 heteroatoms. The Balaban J connectivity index is 1.98. The van der Waals surface area contributed by atoms with Crippen LogP contribution in [0.25, 0.3) is 0 Å². The molecule has 0 bridgehead atoms. The van der Waals surface area contributed by atoms with Gasteiger partial charge in [-0.25, -0.2) is 9.97 Å². The lowest BCUT2D eigenvalue weighted by Gasteiger charge is -2.25. The van der Waals surface area contributed by atoms with Crippen molar-refractivity contribution in [2.45, 2.75) is 45.2 Å². The lowest BCUT2D eigenvalue weighted by atomic mass is 10.2. The van der Waals surface area contributed by atoms with Gasteiger partial charge >= 0.3 is 0 Å². The summed E-state index contributed by atoms with van der Waals surface area (Å²) in [5.41, 5.74) is 1.16. The molecule has 1 atom stereocenters. The normalized spacial score (nSPS) is 16.5. The van der Waals surface area contributed by atoms with Crippen LogP contribution in [-0.4, -0.2) is 47.6 Å². The topological polar surface area (TPSA) is 53.1 Å². The van der Waals surface area contributed by atoms with E-state index >= 15 is 0 Å². The number of aromatic nitrogens is 2. The van der Waals surface area contributed by atoms with Crippen LogP contribution in [0.1, 0.15) is 32.3 Å². The van der Waals surface area contributed by atoms with Gasteiger partial charge in [0.15, 0.2) is 0 Å². The van der Waals surface area contributed by atoms with Crippen LogP contribution in [0.5, 0.6) is 0 Å². The molecule has 0 aliphatic heterocycles. The van der Waals surface area contributed by atoms with Crippen molar-refractivity contribution in [1.29, 1.82) is 0 Å². The molecular formula is C14H25N5. The molecule has 5 nitrogen and oxygen atoms in total. The van der Waals surface area contributed by atoms with Crippen molar-refractivity contribution >= 4 is 11.6 Å². The molecule has 1 aliphatic rings. The van der Waals surface area contributed by atoms with Crippen molar-refractivity contribution in [1.82, 2.24) is 14.9 Å². The minimum atomic E-state index is 0.519. The number of anilines is 2. The van der Waals surface area contributed by atoms with Gasteiger partial charge in [-0.05, 0) is 33.2 Å². The number of hydrogen-bond donors (Lipinski definition) is 2. The number of nitrogens with zero attached hydrogens (tertiary/aromatic N) is 3. The third-order valence-corrected chi connectivity index (χ3v) is 3.92. The van der Waals surface area contributed by atoms with E-state index in [0.29, 0.717) is 6.04 Å². The van der Waals surface area contributed by atoms with Gasteiger partial charge in [-0.1, -0.05) is 6.92 Å². The van der Waals surface area contributed by atoms with Crippen LogP contribution >= 0.6 is 0 Å². The van der Waals surface area contributed by atoms with E-state index in [1.165, 1.54) is 12.8 Å². The fraction of sp³-hybridized carbons (Fsp3) is 0.714. The molecule has 0 amide bonds. The molecule has 2 N–H and O–H groups in total. The smallest absolute Gasteiger partial charge is 0.134 e. The Morgan fingerprint density at radius 2 is 2.05 bits per heavy atom. The first-order valence-electron chi connectivity index (χ1n) is 7.14. The zero-order valence-electron chi connectivity index (χ0n) is 12.4. The van der Waals surface area contributed by atoms with E-state index in [1.54, 1.807) is 6.33 Å². The predicted octanol–water partition coefficient (Wildman–Crippen LogP) is 1.98. The Labute approximate surface area is 115 Å². The predicted molar refractivity (Wildman–Crippen MR) is 79.7 cm³/mol. The van der Waals surface area contributed by atoms with Gasteiger partial charge in [0, 0.05) is 31.2 Å². The van der Waals surface area contributed by atoms with Gasteiger partial charge in [0.05, 0.1) is 0 Å². The maximum Gasteiger partial charge on any atom is 0.134 e. The maximum absolute atomic E-state index is 4.37. The van der Waals surface area contributed by atoms with Crippen molar-refractivity contribution in [3.8, 4) is 0 Å². The van der Waals surface area contributed by atoms with Gasteiger partial charge in [0.2, 0.25) is 0 Å². The zero-order chi connectivity index (χ0) is 13.8. The van der Waals surface area contributed by atoms with Gasteiger partial charge in [0.25, 0.3) is 0 Å². The molecule has 1 fully saturated rings. The molecule has 19 heavy (non-hydrogen) atoms. The van der Waals surface area contributed by atoms with Crippen LogP contribution in [0.3, 0.4) is 0 Å². The fourth-order valence-electron chi connectivity index (χ4n) is 2.35. The summed E-state index contributed by atoms with van der Waals surface area (Å²) in [6, 6.07) is 1.31. The highest BCUT2D eigenvalue weighted by Gasteiger charge is 2.29. The van der Waals surface area contributed by atoms with E-state index in [1.807, 2.05) is 7.05 Å². The van der Waals surface area contributed by atoms with Crippen molar-refractivity contribution < 1.29 is 0 Å². The Bertz CT molecular complexity index is 416. The molecule has 0 saturated heterocycles. The Morgan fingerprint density at radius 1 is 1.37 bits per heavy atom. The first-order chi connectivity index (χ1) is 9.17. The summed E-state index contributed by atoms with van der Waals surface area (Å²) in [4.78, 5) is 11.1. The lowest BCUT2D eigenvalue weighted by Crippen LogP contribution is -2.36. The van der Waals surface area contributed by atoms with Gasteiger partial charge < -0.3 is 10.6 Å². The number of hydrogen-bond acceptors (Lipinski definition) is 5. The van der Waals surface area contributed by atoms with E-state index in [9.17, 15) is 0 Å². The second kappa shape index (κ2) is 6.19. The molecule has 2 rings (SSSR count). The molecular weight excluding hydrogens is 238 g/mol. The third-order valence-electron chi connectivity index (χ3n) is 3.92. The van der Waals surface area contributed by atoms with Gasteiger partial charge in [-0.2, -0.15) is 0 Å². The molecule has 1 heterocycles. The summed E-state index contributed by atoms with van der Waals surface area (Å²) in [6.07, 6.45) is 5.23. The molecule has 1 aromatic rings. The van der Waals surface area contributed by atoms with Crippen LogP contribution in [0.4, 0.5) is 11.6 Å². The monoisotopic (exact) mass is 263 g/mol. The van der Waals surface area contributed by atoms with Crippen LogP contribution in [0, 0.1) is 0 Å². The second-order valence-electron chi connectivity index (χ2n) is 5.28. The molecule has 0 radical (unpaired) electrons. The van der Waals surface area contributed by atoms with E-state index in [0.717, 1.165) is 36.2 Å². The lowest BCUT2D eigenvalue weighted by molar-refractivity contribution is 0.257. The average molecular weight is 263 g/mol. The first-order valence-corrected chi connectivity index (χ1v) is 7.14. The SMILES string of the molecule is CCc1c(NC)ncnc1NCC(C)N(C)C1CC1. The summed E-state index contributed by atoms with van der Waals surface area (Å²) in [6.45, 7) is 5.31. The van der Waals surface area contributed by atoms with Crippen LogP contribution in [0.2, 0.25) is 0 Å². The quantitative estimate of drug-likeness (QED) is 0.788. The average Bonchev–Trinajstić information content (AvgIpc) is 3.27. The summed E-state index contributed by atoms with van der Waals surface area (Å²) >= 11 is 0. The largest absolute Gasteiger partial charge is 0.373 e. The van der Waals surface area contributed by atoms with E-state index < -0.39 is 0 Å². The van der Waals surface area contributed by atoms with E-state index in [2.05, 4.69) is 46.4 Å². The van der Waals surface area contributed by atoms with E-state index in [-0.39, 0.29) is 0 Å². The third kappa shape index (κ3) is 3.35. The van der Waals surface area contributed by atoms with Crippen LogP contribution < -0.4 is 10.6 Å². The summed E-state index contributed by atoms with van der Waals surface area (Å²) in [5.74, 6) is 1.88. The van der Waals surface area contributed by atoms with Gasteiger partial charge in [-0.15, -0.1) is 0 Å².